The number of nitrogens with zero attached hydrogens (tertiary/aromatic N) is 3. The molecule has 0 N–H and O–H groups in total. The summed E-state index contributed by atoms with van der Waals surface area (Å²) in [6.45, 7) is 3.45. The number of fused-ring (bicyclic) bond motifs is 1. The molecule has 0 radical (unpaired) electrons. The van der Waals surface area contributed by atoms with Crippen LogP contribution >= 0.6 is 11.6 Å². The fourth-order valence-electron chi connectivity index (χ4n) is 2.61. The molecule has 5 nitrogen and oxygen atoms in total. The minimum atomic E-state index is 0.490. The van der Waals surface area contributed by atoms with E-state index >= 15 is 0 Å². The number of methoxy groups -OCH3 is 1. The van der Waals surface area contributed by atoms with Crippen LogP contribution in [-0.2, 0) is 11.2 Å². The van der Waals surface area contributed by atoms with Crippen LogP contribution in [0.5, 0.6) is 5.88 Å². The van der Waals surface area contributed by atoms with Gasteiger partial charge in [0.1, 0.15) is 5.69 Å². The summed E-state index contributed by atoms with van der Waals surface area (Å²) in [4.78, 5) is 4.60. The van der Waals surface area contributed by atoms with Crippen molar-refractivity contribution in [2.45, 2.75) is 26.2 Å². The summed E-state index contributed by atoms with van der Waals surface area (Å²) in [6.07, 6.45) is 2.93. The number of benzene rings is 1. The quantitative estimate of drug-likeness (QED) is 0.559. The highest BCUT2D eigenvalue weighted by Crippen LogP contribution is 2.29. The smallest absolute Gasteiger partial charge is 0.231 e. The van der Waals surface area contributed by atoms with Crippen LogP contribution < -0.4 is 4.74 Å². The maximum Gasteiger partial charge on any atom is 0.231 e. The molecule has 1 aromatic carbocycles. The fourth-order valence-corrected chi connectivity index (χ4v) is 2.88. The molecule has 0 bridgehead atoms. The molecule has 3 aromatic rings. The number of halogens is 1. The zero-order valence-electron chi connectivity index (χ0n) is 14.5. The summed E-state index contributed by atoms with van der Waals surface area (Å²) < 4.78 is 12.3. The van der Waals surface area contributed by atoms with E-state index in [1.165, 1.54) is 5.56 Å². The molecular formula is C19H22ClN3O2. The minimum Gasteiger partial charge on any atom is -0.477 e. The van der Waals surface area contributed by atoms with Gasteiger partial charge < -0.3 is 9.47 Å². The molecule has 132 valence electrons. The third kappa shape index (κ3) is 4.11. The molecule has 2 heterocycles. The summed E-state index contributed by atoms with van der Waals surface area (Å²) in [5.41, 5.74) is 3.68. The lowest BCUT2D eigenvalue weighted by atomic mass is 10.1. The predicted molar refractivity (Wildman–Crippen MR) is 99.4 cm³/mol. The first-order valence-corrected chi connectivity index (χ1v) is 8.87. The average Bonchev–Trinajstić information content (AvgIpc) is 2.97. The van der Waals surface area contributed by atoms with E-state index in [-0.39, 0.29) is 0 Å². The van der Waals surface area contributed by atoms with E-state index in [1.807, 2.05) is 24.3 Å². The standard InChI is InChI=1S/C19H22ClN3O2/c1-3-12-25-17-11-10-16-21-18(19(20)23(16)22-17)15-8-6-14(7-9-15)5-4-13-24-2/h6-11H,3-5,12-13H2,1-2H3. The molecule has 0 aliphatic heterocycles. The number of hydrogen-bond donors (Lipinski definition) is 0. The van der Waals surface area contributed by atoms with Gasteiger partial charge in [-0.05, 0) is 30.9 Å². The monoisotopic (exact) mass is 359 g/mol. The maximum atomic E-state index is 6.51. The summed E-state index contributed by atoms with van der Waals surface area (Å²) in [5.74, 6) is 0.550. The molecule has 0 spiro atoms. The van der Waals surface area contributed by atoms with Crippen LogP contribution in [0.3, 0.4) is 0 Å². The van der Waals surface area contributed by atoms with Crippen LogP contribution in [0.1, 0.15) is 25.3 Å². The van der Waals surface area contributed by atoms with Crippen LogP contribution in [-0.4, -0.2) is 34.9 Å². The molecule has 3 rings (SSSR count). The van der Waals surface area contributed by atoms with Gasteiger partial charge in [0.15, 0.2) is 10.8 Å². The second-order valence-electron chi connectivity index (χ2n) is 5.83. The number of aryl methyl sites for hydroxylation is 1. The van der Waals surface area contributed by atoms with Crippen molar-refractivity contribution in [2.75, 3.05) is 20.3 Å². The fraction of sp³-hybridized carbons (Fsp3) is 0.368. The van der Waals surface area contributed by atoms with Crippen molar-refractivity contribution >= 4 is 17.2 Å². The van der Waals surface area contributed by atoms with Crippen molar-refractivity contribution in [3.05, 3.63) is 47.1 Å². The first-order valence-electron chi connectivity index (χ1n) is 8.49. The van der Waals surface area contributed by atoms with Crippen LogP contribution in [0.2, 0.25) is 5.15 Å². The molecule has 0 unspecified atom stereocenters. The molecule has 0 atom stereocenters. The number of hydrogen-bond acceptors (Lipinski definition) is 4. The van der Waals surface area contributed by atoms with E-state index in [0.29, 0.717) is 23.3 Å². The third-order valence-corrected chi connectivity index (χ3v) is 4.23. The van der Waals surface area contributed by atoms with Crippen molar-refractivity contribution in [2.24, 2.45) is 0 Å². The van der Waals surface area contributed by atoms with Gasteiger partial charge in [0.2, 0.25) is 5.88 Å². The van der Waals surface area contributed by atoms with Gasteiger partial charge in [-0.3, -0.25) is 0 Å². The summed E-state index contributed by atoms with van der Waals surface area (Å²) >= 11 is 6.51. The van der Waals surface area contributed by atoms with Crippen molar-refractivity contribution in [1.29, 1.82) is 0 Å². The Morgan fingerprint density at radius 3 is 2.60 bits per heavy atom. The Hall–Kier alpha value is -2.11. The maximum absolute atomic E-state index is 6.51. The van der Waals surface area contributed by atoms with Crippen molar-refractivity contribution in [3.8, 4) is 17.1 Å². The molecule has 2 aromatic heterocycles. The molecule has 0 aliphatic rings. The van der Waals surface area contributed by atoms with E-state index in [4.69, 9.17) is 21.1 Å². The Morgan fingerprint density at radius 1 is 1.08 bits per heavy atom. The summed E-state index contributed by atoms with van der Waals surface area (Å²) in [5, 5.41) is 4.90. The Kier molecular flexibility index (Phi) is 5.89. The summed E-state index contributed by atoms with van der Waals surface area (Å²) in [7, 11) is 1.72. The Morgan fingerprint density at radius 2 is 1.88 bits per heavy atom. The Labute approximate surface area is 152 Å². The molecule has 0 aliphatic carbocycles. The lowest BCUT2D eigenvalue weighted by Gasteiger charge is -2.04. The zero-order valence-corrected chi connectivity index (χ0v) is 15.3. The van der Waals surface area contributed by atoms with Crippen LogP contribution in [0.4, 0.5) is 0 Å². The van der Waals surface area contributed by atoms with Crippen molar-refractivity contribution in [1.82, 2.24) is 14.6 Å². The second-order valence-corrected chi connectivity index (χ2v) is 6.19. The normalized spacial score (nSPS) is 11.2. The Balaban J connectivity index is 1.84. The third-order valence-electron chi connectivity index (χ3n) is 3.89. The first-order chi connectivity index (χ1) is 12.2. The molecule has 0 fully saturated rings. The van der Waals surface area contributed by atoms with Crippen LogP contribution in [0, 0.1) is 0 Å². The highest BCUT2D eigenvalue weighted by molar-refractivity contribution is 6.32. The second kappa shape index (κ2) is 8.32. The van der Waals surface area contributed by atoms with E-state index in [9.17, 15) is 0 Å². The number of ether oxygens (including phenoxy) is 2. The highest BCUT2D eigenvalue weighted by Gasteiger charge is 2.14. The average molecular weight is 360 g/mol. The van der Waals surface area contributed by atoms with Gasteiger partial charge in [0.25, 0.3) is 0 Å². The summed E-state index contributed by atoms with van der Waals surface area (Å²) in [6, 6.07) is 12.0. The molecule has 25 heavy (non-hydrogen) atoms. The largest absolute Gasteiger partial charge is 0.477 e. The van der Waals surface area contributed by atoms with Gasteiger partial charge in [-0.25, -0.2) is 4.98 Å². The molecule has 0 saturated carbocycles. The molecular weight excluding hydrogens is 338 g/mol. The van der Waals surface area contributed by atoms with Gasteiger partial charge in [-0.1, -0.05) is 42.8 Å². The molecule has 6 heteroatoms. The van der Waals surface area contributed by atoms with Gasteiger partial charge in [-0.15, -0.1) is 5.10 Å². The van der Waals surface area contributed by atoms with Crippen molar-refractivity contribution in [3.63, 3.8) is 0 Å². The highest BCUT2D eigenvalue weighted by atomic mass is 35.5. The lowest BCUT2D eigenvalue weighted by Crippen LogP contribution is -2.00. The van der Waals surface area contributed by atoms with E-state index < -0.39 is 0 Å². The number of imidazole rings is 1. The van der Waals surface area contributed by atoms with Gasteiger partial charge >= 0.3 is 0 Å². The van der Waals surface area contributed by atoms with Crippen LogP contribution in [0.25, 0.3) is 16.9 Å². The van der Waals surface area contributed by atoms with Crippen molar-refractivity contribution < 1.29 is 9.47 Å². The van der Waals surface area contributed by atoms with Gasteiger partial charge in [-0.2, -0.15) is 4.52 Å². The molecule has 0 saturated heterocycles. The van der Waals surface area contributed by atoms with E-state index in [0.717, 1.165) is 37.1 Å². The topological polar surface area (TPSA) is 48.7 Å². The lowest BCUT2D eigenvalue weighted by molar-refractivity contribution is 0.195. The van der Waals surface area contributed by atoms with Gasteiger partial charge in [0, 0.05) is 25.3 Å². The van der Waals surface area contributed by atoms with E-state index in [2.05, 4.69) is 29.1 Å². The van der Waals surface area contributed by atoms with Crippen LogP contribution in [0.15, 0.2) is 36.4 Å². The predicted octanol–water partition coefficient (Wildman–Crippen LogP) is 4.42. The van der Waals surface area contributed by atoms with E-state index in [1.54, 1.807) is 11.6 Å². The zero-order chi connectivity index (χ0) is 17.6. The number of rotatable bonds is 8. The minimum absolute atomic E-state index is 0.490. The first kappa shape index (κ1) is 17.7. The Bertz CT molecular complexity index is 831. The molecule has 0 amide bonds. The SMILES string of the molecule is CCCOc1ccc2nc(-c3ccc(CCCOC)cc3)c(Cl)n2n1. The number of aromatic nitrogens is 3. The van der Waals surface area contributed by atoms with Gasteiger partial charge in [0.05, 0.1) is 6.61 Å².